The average Bonchev–Trinajstić information content (AvgIpc) is 2.68. The Morgan fingerprint density at radius 2 is 1.85 bits per heavy atom. The third-order valence-corrected chi connectivity index (χ3v) is 5.85. The Labute approximate surface area is 163 Å². The lowest BCUT2D eigenvalue weighted by atomic mass is 10.1. The van der Waals surface area contributed by atoms with Crippen molar-refractivity contribution in [3.05, 3.63) is 53.6 Å². The maximum absolute atomic E-state index is 12.2. The van der Waals surface area contributed by atoms with E-state index in [1.807, 2.05) is 25.1 Å². The predicted molar refractivity (Wildman–Crippen MR) is 108 cm³/mol. The van der Waals surface area contributed by atoms with Crippen molar-refractivity contribution in [1.29, 1.82) is 0 Å². The fraction of sp³-hybridized carbons (Fsp3) is 0.350. The molecule has 4 nitrogen and oxygen atoms in total. The van der Waals surface area contributed by atoms with Gasteiger partial charge in [-0.15, -0.1) is 23.5 Å². The number of ether oxygens (including phenoxy) is 2. The summed E-state index contributed by atoms with van der Waals surface area (Å²) in [5.41, 5.74) is 2.25. The molecule has 3 rings (SSSR count). The van der Waals surface area contributed by atoms with Crippen LogP contribution < -0.4 is 14.8 Å². The topological polar surface area (TPSA) is 47.6 Å². The van der Waals surface area contributed by atoms with Gasteiger partial charge in [-0.1, -0.05) is 18.2 Å². The Balaban J connectivity index is 1.46. The van der Waals surface area contributed by atoms with E-state index in [1.54, 1.807) is 23.5 Å². The van der Waals surface area contributed by atoms with E-state index in [1.165, 1.54) is 10.5 Å². The minimum atomic E-state index is -0.0696. The first-order chi connectivity index (χ1) is 12.7. The zero-order chi connectivity index (χ0) is 18.4. The van der Waals surface area contributed by atoms with Crippen molar-refractivity contribution in [2.75, 3.05) is 25.2 Å². The van der Waals surface area contributed by atoms with Crippen LogP contribution in [0.1, 0.15) is 24.1 Å². The lowest BCUT2D eigenvalue weighted by Gasteiger charge is -2.21. The van der Waals surface area contributed by atoms with Gasteiger partial charge in [-0.3, -0.25) is 4.79 Å². The van der Waals surface area contributed by atoms with E-state index in [-0.39, 0.29) is 11.9 Å². The normalized spacial score (nSPS) is 13.9. The highest BCUT2D eigenvalue weighted by molar-refractivity contribution is 7.99. The van der Waals surface area contributed by atoms with Crippen LogP contribution >= 0.6 is 23.5 Å². The van der Waals surface area contributed by atoms with Crippen molar-refractivity contribution in [3.63, 3.8) is 0 Å². The molecule has 0 aromatic heterocycles. The molecule has 1 aliphatic rings. The molecular formula is C20H23NO3S2. The van der Waals surface area contributed by atoms with E-state index in [4.69, 9.17) is 9.47 Å². The first kappa shape index (κ1) is 19.0. The van der Waals surface area contributed by atoms with Gasteiger partial charge in [0, 0.05) is 10.6 Å². The van der Waals surface area contributed by atoms with E-state index in [0.29, 0.717) is 19.0 Å². The number of benzene rings is 2. The summed E-state index contributed by atoms with van der Waals surface area (Å²) in [5, 5.41) is 3.05. The third kappa shape index (κ3) is 5.11. The number of fused-ring (bicyclic) bond motifs is 1. The molecule has 0 fully saturated rings. The van der Waals surface area contributed by atoms with Crippen LogP contribution in [0.2, 0.25) is 0 Å². The summed E-state index contributed by atoms with van der Waals surface area (Å²) >= 11 is 3.36. The van der Waals surface area contributed by atoms with Gasteiger partial charge >= 0.3 is 0 Å². The first-order valence-corrected chi connectivity index (χ1v) is 10.9. The minimum absolute atomic E-state index is 0.0399. The van der Waals surface area contributed by atoms with E-state index in [9.17, 15) is 4.79 Å². The summed E-state index contributed by atoms with van der Waals surface area (Å²) < 4.78 is 11.1. The summed E-state index contributed by atoms with van der Waals surface area (Å²) in [5.74, 6) is 2.83. The lowest BCUT2D eigenvalue weighted by molar-refractivity contribution is -0.119. The van der Waals surface area contributed by atoms with Gasteiger partial charge in [-0.05, 0) is 48.6 Å². The van der Waals surface area contributed by atoms with E-state index in [2.05, 4.69) is 35.8 Å². The van der Waals surface area contributed by atoms with Crippen LogP contribution in [0.15, 0.2) is 47.4 Å². The van der Waals surface area contributed by atoms with Crippen molar-refractivity contribution < 1.29 is 14.3 Å². The molecule has 6 heteroatoms. The fourth-order valence-electron chi connectivity index (χ4n) is 2.68. The molecular weight excluding hydrogens is 366 g/mol. The molecule has 0 aliphatic carbocycles. The molecule has 0 bridgehead atoms. The van der Waals surface area contributed by atoms with Gasteiger partial charge in [0.25, 0.3) is 0 Å². The van der Waals surface area contributed by atoms with Crippen molar-refractivity contribution in [1.82, 2.24) is 5.32 Å². The van der Waals surface area contributed by atoms with Gasteiger partial charge in [0.1, 0.15) is 13.2 Å². The number of rotatable bonds is 7. The molecule has 0 spiro atoms. The number of hydrogen-bond donors (Lipinski definition) is 1. The average molecular weight is 390 g/mol. The molecule has 0 saturated carbocycles. The standard InChI is InChI=1S/C20H23NO3S2/c1-14(16-5-8-18-19(11-16)24-10-9-23-18)21-20(22)13-26-12-15-3-6-17(25-2)7-4-15/h3-8,11,14H,9-10,12-13H2,1-2H3,(H,21,22)/t14-/m0/s1. The molecule has 0 radical (unpaired) electrons. The van der Waals surface area contributed by atoms with E-state index >= 15 is 0 Å². The van der Waals surface area contributed by atoms with Crippen molar-refractivity contribution >= 4 is 29.4 Å². The largest absolute Gasteiger partial charge is 0.486 e. The second-order valence-corrected chi connectivity index (χ2v) is 7.90. The minimum Gasteiger partial charge on any atom is -0.486 e. The van der Waals surface area contributed by atoms with Crippen LogP contribution in [0.3, 0.4) is 0 Å². The van der Waals surface area contributed by atoms with Crippen LogP contribution in [0.4, 0.5) is 0 Å². The molecule has 1 aliphatic heterocycles. The maximum atomic E-state index is 12.2. The number of nitrogens with one attached hydrogen (secondary N) is 1. The second-order valence-electron chi connectivity index (χ2n) is 6.03. The summed E-state index contributed by atoms with van der Waals surface area (Å²) in [4.78, 5) is 13.5. The van der Waals surface area contributed by atoms with Gasteiger partial charge in [0.15, 0.2) is 11.5 Å². The number of hydrogen-bond acceptors (Lipinski definition) is 5. The molecule has 2 aromatic rings. The molecule has 26 heavy (non-hydrogen) atoms. The van der Waals surface area contributed by atoms with Gasteiger partial charge in [0.05, 0.1) is 11.8 Å². The third-order valence-electron chi connectivity index (χ3n) is 4.10. The maximum Gasteiger partial charge on any atom is 0.230 e. The van der Waals surface area contributed by atoms with Crippen LogP contribution in [0.5, 0.6) is 11.5 Å². The molecule has 0 unspecified atom stereocenters. The zero-order valence-electron chi connectivity index (χ0n) is 15.0. The second kappa shape index (κ2) is 9.24. The van der Waals surface area contributed by atoms with Gasteiger partial charge in [0.2, 0.25) is 5.91 Å². The smallest absolute Gasteiger partial charge is 0.230 e. The van der Waals surface area contributed by atoms with Crippen molar-refractivity contribution in [3.8, 4) is 11.5 Å². The van der Waals surface area contributed by atoms with E-state index in [0.717, 1.165) is 22.8 Å². The molecule has 0 saturated heterocycles. The molecule has 1 heterocycles. The highest BCUT2D eigenvalue weighted by Gasteiger charge is 2.15. The number of amides is 1. The van der Waals surface area contributed by atoms with Crippen LogP contribution in [0, 0.1) is 0 Å². The predicted octanol–water partition coefficient (Wildman–Crippen LogP) is 4.29. The molecule has 2 aromatic carbocycles. The Hall–Kier alpha value is -1.79. The fourth-order valence-corrected chi connectivity index (χ4v) is 3.89. The highest BCUT2D eigenvalue weighted by atomic mass is 32.2. The zero-order valence-corrected chi connectivity index (χ0v) is 16.6. The highest BCUT2D eigenvalue weighted by Crippen LogP contribution is 2.32. The van der Waals surface area contributed by atoms with Crippen LogP contribution in [-0.2, 0) is 10.5 Å². The van der Waals surface area contributed by atoms with Gasteiger partial charge in [-0.25, -0.2) is 0 Å². The molecule has 1 atom stereocenters. The van der Waals surface area contributed by atoms with E-state index < -0.39 is 0 Å². The van der Waals surface area contributed by atoms with Crippen molar-refractivity contribution in [2.24, 2.45) is 0 Å². The monoisotopic (exact) mass is 389 g/mol. The Kier molecular flexibility index (Phi) is 6.74. The number of carbonyl (C=O) groups is 1. The summed E-state index contributed by atoms with van der Waals surface area (Å²) in [7, 11) is 0. The SMILES string of the molecule is CSc1ccc(CSCC(=O)N[C@@H](C)c2ccc3c(c2)OCCO3)cc1. The Morgan fingerprint density at radius 1 is 1.12 bits per heavy atom. The summed E-state index contributed by atoms with van der Waals surface area (Å²) in [6.07, 6.45) is 2.07. The van der Waals surface area contributed by atoms with Gasteiger partial charge in [-0.2, -0.15) is 0 Å². The first-order valence-electron chi connectivity index (χ1n) is 8.55. The van der Waals surface area contributed by atoms with Crippen molar-refractivity contribution in [2.45, 2.75) is 23.6 Å². The quantitative estimate of drug-likeness (QED) is 0.716. The molecule has 1 amide bonds. The molecule has 1 N–H and O–H groups in total. The molecule has 138 valence electrons. The van der Waals surface area contributed by atoms with Crippen LogP contribution in [0.25, 0.3) is 0 Å². The number of thioether (sulfide) groups is 2. The Bertz CT molecular complexity index is 749. The van der Waals surface area contributed by atoms with Crippen LogP contribution in [-0.4, -0.2) is 31.1 Å². The van der Waals surface area contributed by atoms with Gasteiger partial charge < -0.3 is 14.8 Å². The number of carbonyl (C=O) groups excluding carboxylic acids is 1. The summed E-state index contributed by atoms with van der Waals surface area (Å²) in [6.45, 7) is 3.12. The summed E-state index contributed by atoms with van der Waals surface area (Å²) in [6, 6.07) is 14.2. The Morgan fingerprint density at radius 3 is 2.58 bits per heavy atom. The lowest BCUT2D eigenvalue weighted by Crippen LogP contribution is -2.28.